The van der Waals surface area contributed by atoms with Crippen molar-refractivity contribution in [3.8, 4) is 5.75 Å². The van der Waals surface area contributed by atoms with E-state index >= 15 is 0 Å². The molecule has 1 nitrogen and oxygen atoms in total. The Balaban J connectivity index is 2.90. The quantitative estimate of drug-likeness (QED) is 0.667. The first-order chi connectivity index (χ1) is 5.27. The molecule has 0 aliphatic rings. The zero-order valence-corrected chi connectivity index (χ0v) is 7.12. The van der Waals surface area contributed by atoms with Crippen molar-refractivity contribution >= 4 is 33.0 Å². The lowest BCUT2D eigenvalue weighted by Crippen LogP contribution is -1.63. The van der Waals surface area contributed by atoms with E-state index in [1.165, 1.54) is 11.3 Å². The van der Waals surface area contributed by atoms with E-state index in [1.807, 2.05) is 12.1 Å². The lowest BCUT2D eigenvalue weighted by atomic mass is 10.2. The number of thiophene rings is 1. The van der Waals surface area contributed by atoms with E-state index in [0.29, 0.717) is 10.1 Å². The summed E-state index contributed by atoms with van der Waals surface area (Å²) in [5, 5.41) is 10.2. The van der Waals surface area contributed by atoms with Gasteiger partial charge < -0.3 is 5.11 Å². The van der Waals surface area contributed by atoms with E-state index in [1.54, 1.807) is 12.1 Å². The first-order valence-electron chi connectivity index (χ1n) is 3.14. The van der Waals surface area contributed by atoms with E-state index in [4.69, 9.17) is 11.6 Å². The van der Waals surface area contributed by atoms with Crippen LogP contribution in [-0.4, -0.2) is 5.11 Å². The van der Waals surface area contributed by atoms with Gasteiger partial charge in [-0.05, 0) is 18.2 Å². The summed E-state index contributed by atoms with van der Waals surface area (Å²) in [4.78, 5) is 0. The van der Waals surface area contributed by atoms with E-state index in [2.05, 4.69) is 0 Å². The van der Waals surface area contributed by atoms with Crippen LogP contribution in [0, 0.1) is 0 Å². The third-order valence-corrected chi connectivity index (χ3v) is 2.74. The normalized spacial score (nSPS) is 10.6. The van der Waals surface area contributed by atoms with Crippen LogP contribution >= 0.6 is 22.9 Å². The average Bonchev–Trinajstić information content (AvgIpc) is 2.31. The number of hydrogen-bond acceptors (Lipinski definition) is 2. The van der Waals surface area contributed by atoms with Gasteiger partial charge in [0, 0.05) is 10.1 Å². The summed E-state index contributed by atoms with van der Waals surface area (Å²) in [6.07, 6.45) is 0. The summed E-state index contributed by atoms with van der Waals surface area (Å²) < 4.78 is 1.73. The minimum Gasteiger partial charge on any atom is -0.507 e. The van der Waals surface area contributed by atoms with Gasteiger partial charge in [0.25, 0.3) is 0 Å². The minimum absolute atomic E-state index is 0.297. The van der Waals surface area contributed by atoms with Gasteiger partial charge in [-0.2, -0.15) is 0 Å². The Morgan fingerprint density at radius 3 is 2.91 bits per heavy atom. The largest absolute Gasteiger partial charge is 0.507 e. The molecule has 0 atom stereocenters. The zero-order chi connectivity index (χ0) is 7.84. The summed E-state index contributed by atoms with van der Waals surface area (Å²) in [7, 11) is 0. The molecule has 11 heavy (non-hydrogen) atoms. The van der Waals surface area contributed by atoms with Gasteiger partial charge in [0.05, 0.1) is 4.34 Å². The maximum Gasteiger partial charge on any atom is 0.124 e. The molecule has 2 aromatic rings. The van der Waals surface area contributed by atoms with E-state index in [9.17, 15) is 5.11 Å². The van der Waals surface area contributed by atoms with Crippen molar-refractivity contribution in [3.05, 3.63) is 28.6 Å². The number of benzene rings is 1. The molecular weight excluding hydrogens is 180 g/mol. The molecular formula is C8H5ClOS. The first kappa shape index (κ1) is 6.95. The second kappa shape index (κ2) is 2.40. The summed E-state index contributed by atoms with van der Waals surface area (Å²) in [6, 6.07) is 7.18. The molecule has 0 aliphatic heterocycles. The molecule has 0 spiro atoms. The maximum absolute atomic E-state index is 9.33. The molecule has 0 amide bonds. The molecule has 0 bridgehead atoms. The number of halogens is 1. The van der Waals surface area contributed by atoms with Gasteiger partial charge in [0.2, 0.25) is 0 Å². The van der Waals surface area contributed by atoms with Gasteiger partial charge in [0.1, 0.15) is 5.75 Å². The van der Waals surface area contributed by atoms with Gasteiger partial charge in [-0.15, -0.1) is 11.3 Å². The van der Waals surface area contributed by atoms with E-state index < -0.39 is 0 Å². The smallest absolute Gasteiger partial charge is 0.124 e. The molecule has 0 saturated heterocycles. The molecule has 3 heteroatoms. The Morgan fingerprint density at radius 2 is 2.18 bits per heavy atom. The SMILES string of the molecule is Oc1cccc2sc(Cl)cc12. The topological polar surface area (TPSA) is 20.2 Å². The van der Waals surface area contributed by atoms with Gasteiger partial charge >= 0.3 is 0 Å². The van der Waals surface area contributed by atoms with Crippen LogP contribution in [0.15, 0.2) is 24.3 Å². The lowest BCUT2D eigenvalue weighted by molar-refractivity contribution is 0.482. The number of rotatable bonds is 0. The number of phenolic OH excluding ortho intramolecular Hbond substituents is 1. The number of phenols is 1. The van der Waals surface area contributed by atoms with Crippen molar-refractivity contribution < 1.29 is 5.11 Å². The van der Waals surface area contributed by atoms with Crippen molar-refractivity contribution in [3.63, 3.8) is 0 Å². The Kier molecular flexibility index (Phi) is 1.51. The first-order valence-corrected chi connectivity index (χ1v) is 4.34. The second-order valence-electron chi connectivity index (χ2n) is 2.24. The second-order valence-corrected chi connectivity index (χ2v) is 3.95. The van der Waals surface area contributed by atoms with Crippen LogP contribution in [0.2, 0.25) is 4.34 Å². The van der Waals surface area contributed by atoms with Crippen LogP contribution < -0.4 is 0 Å². The highest BCUT2D eigenvalue weighted by molar-refractivity contribution is 7.22. The summed E-state index contributed by atoms with van der Waals surface area (Å²) in [5.74, 6) is 0.297. The highest BCUT2D eigenvalue weighted by atomic mass is 35.5. The van der Waals surface area contributed by atoms with Crippen LogP contribution in [0.4, 0.5) is 0 Å². The predicted molar refractivity (Wildman–Crippen MR) is 48.5 cm³/mol. The molecule has 0 radical (unpaired) electrons. The minimum atomic E-state index is 0.297. The van der Waals surface area contributed by atoms with Crippen molar-refractivity contribution in [1.29, 1.82) is 0 Å². The Labute approximate surface area is 72.9 Å². The molecule has 1 aromatic carbocycles. The highest BCUT2D eigenvalue weighted by Crippen LogP contribution is 2.34. The summed E-state index contributed by atoms with van der Waals surface area (Å²) in [5.41, 5.74) is 0. The third-order valence-electron chi connectivity index (χ3n) is 1.51. The Morgan fingerprint density at radius 1 is 1.36 bits per heavy atom. The zero-order valence-electron chi connectivity index (χ0n) is 5.54. The third kappa shape index (κ3) is 1.08. The van der Waals surface area contributed by atoms with Gasteiger partial charge in [-0.3, -0.25) is 0 Å². The van der Waals surface area contributed by atoms with Crippen LogP contribution in [0.1, 0.15) is 0 Å². The van der Waals surface area contributed by atoms with Crippen LogP contribution in [-0.2, 0) is 0 Å². The van der Waals surface area contributed by atoms with Crippen molar-refractivity contribution in [2.24, 2.45) is 0 Å². The highest BCUT2D eigenvalue weighted by Gasteiger charge is 2.02. The van der Waals surface area contributed by atoms with Gasteiger partial charge in [-0.1, -0.05) is 17.7 Å². The molecule has 2 rings (SSSR count). The molecule has 1 heterocycles. The lowest BCUT2D eigenvalue weighted by Gasteiger charge is -1.90. The molecule has 0 saturated carbocycles. The molecule has 0 aliphatic carbocycles. The van der Waals surface area contributed by atoms with E-state index in [0.717, 1.165) is 10.1 Å². The van der Waals surface area contributed by atoms with Crippen molar-refractivity contribution in [2.75, 3.05) is 0 Å². The van der Waals surface area contributed by atoms with Gasteiger partial charge in [0.15, 0.2) is 0 Å². The molecule has 56 valence electrons. The molecule has 1 N–H and O–H groups in total. The Hall–Kier alpha value is -0.730. The van der Waals surface area contributed by atoms with Crippen molar-refractivity contribution in [1.82, 2.24) is 0 Å². The van der Waals surface area contributed by atoms with E-state index in [-0.39, 0.29) is 0 Å². The summed E-state index contributed by atoms with van der Waals surface area (Å²) >= 11 is 7.23. The van der Waals surface area contributed by atoms with Crippen LogP contribution in [0.3, 0.4) is 0 Å². The summed E-state index contributed by atoms with van der Waals surface area (Å²) in [6.45, 7) is 0. The predicted octanol–water partition coefficient (Wildman–Crippen LogP) is 3.26. The fourth-order valence-corrected chi connectivity index (χ4v) is 2.18. The van der Waals surface area contributed by atoms with Crippen molar-refractivity contribution in [2.45, 2.75) is 0 Å². The van der Waals surface area contributed by atoms with Crippen LogP contribution in [0.25, 0.3) is 10.1 Å². The fraction of sp³-hybridized carbons (Fsp3) is 0. The average molecular weight is 185 g/mol. The molecule has 0 fully saturated rings. The Bertz CT molecular complexity index is 394. The molecule has 0 unspecified atom stereocenters. The molecule has 1 aromatic heterocycles. The maximum atomic E-state index is 9.33. The number of aromatic hydroxyl groups is 1. The number of hydrogen-bond donors (Lipinski definition) is 1. The fourth-order valence-electron chi connectivity index (χ4n) is 1.01. The van der Waals surface area contributed by atoms with Gasteiger partial charge in [-0.25, -0.2) is 0 Å². The standard InChI is InChI=1S/C8H5ClOS/c9-8-4-5-6(10)2-1-3-7(5)11-8/h1-4,10H. The number of fused-ring (bicyclic) bond motifs is 1. The van der Waals surface area contributed by atoms with Crippen LogP contribution in [0.5, 0.6) is 5.75 Å². The monoisotopic (exact) mass is 184 g/mol.